The van der Waals surface area contributed by atoms with Crippen LogP contribution in [0.5, 0.6) is 0 Å². The third kappa shape index (κ3) is 1.52. The molecule has 1 aliphatic heterocycles. The van der Waals surface area contributed by atoms with Crippen molar-refractivity contribution in [3.63, 3.8) is 0 Å². The van der Waals surface area contributed by atoms with Crippen molar-refractivity contribution in [1.82, 2.24) is 15.0 Å². The number of rotatable bonds is 1. The molecule has 1 aliphatic rings. The van der Waals surface area contributed by atoms with Crippen LogP contribution in [0.1, 0.15) is 20.8 Å². The second-order valence-corrected chi connectivity index (χ2v) is 4.36. The van der Waals surface area contributed by atoms with Gasteiger partial charge in [-0.15, -0.1) is 0 Å². The van der Waals surface area contributed by atoms with E-state index in [2.05, 4.69) is 30.9 Å². The number of amides is 2. The van der Waals surface area contributed by atoms with Gasteiger partial charge in [0.1, 0.15) is 10.3 Å². The van der Waals surface area contributed by atoms with Gasteiger partial charge < -0.3 is 0 Å². The third-order valence-electron chi connectivity index (χ3n) is 2.48. The molecule has 0 spiro atoms. The van der Waals surface area contributed by atoms with Crippen LogP contribution in [0.4, 0.5) is 5.82 Å². The maximum Gasteiger partial charge on any atom is 0.286 e. The van der Waals surface area contributed by atoms with Gasteiger partial charge in [0.2, 0.25) is 0 Å². The molecule has 2 amide bonds. The normalized spacial score (nSPS) is 13.9. The van der Waals surface area contributed by atoms with Gasteiger partial charge in [-0.05, 0) is 28.1 Å². The SMILES string of the molecule is O=C1c2cccnc2C(=O)N1c1cnc(Br)cn1. The summed E-state index contributed by atoms with van der Waals surface area (Å²) in [5.74, 6) is -0.724. The Labute approximate surface area is 110 Å². The number of carbonyl (C=O) groups excluding carboxylic acids is 2. The molecule has 88 valence electrons. The van der Waals surface area contributed by atoms with E-state index in [0.29, 0.717) is 4.60 Å². The number of hydrogen-bond acceptors (Lipinski definition) is 5. The summed E-state index contributed by atoms with van der Waals surface area (Å²) in [6.45, 7) is 0. The van der Waals surface area contributed by atoms with E-state index in [-0.39, 0.29) is 17.1 Å². The molecule has 0 N–H and O–H groups in total. The first-order chi connectivity index (χ1) is 8.68. The summed E-state index contributed by atoms with van der Waals surface area (Å²) in [7, 11) is 0. The zero-order valence-corrected chi connectivity index (χ0v) is 10.5. The standard InChI is InChI=1S/C11H5BrN4O2/c12-7-4-15-8(5-14-7)16-10(17)6-2-1-3-13-9(6)11(16)18/h1-5H. The first kappa shape index (κ1) is 11.0. The Hall–Kier alpha value is -2.15. The van der Waals surface area contributed by atoms with Crippen molar-refractivity contribution in [2.24, 2.45) is 0 Å². The van der Waals surface area contributed by atoms with E-state index in [9.17, 15) is 9.59 Å². The van der Waals surface area contributed by atoms with E-state index in [4.69, 9.17) is 0 Å². The van der Waals surface area contributed by atoms with Crippen molar-refractivity contribution < 1.29 is 9.59 Å². The molecule has 0 bridgehead atoms. The summed E-state index contributed by atoms with van der Waals surface area (Å²) in [4.78, 5) is 37.0. The van der Waals surface area contributed by atoms with Crippen LogP contribution in [0.25, 0.3) is 0 Å². The molecule has 2 aromatic heterocycles. The van der Waals surface area contributed by atoms with Crippen molar-refractivity contribution in [3.8, 4) is 0 Å². The van der Waals surface area contributed by atoms with E-state index in [0.717, 1.165) is 4.90 Å². The van der Waals surface area contributed by atoms with Crippen LogP contribution in [-0.2, 0) is 0 Å². The smallest absolute Gasteiger partial charge is 0.268 e. The number of imide groups is 1. The van der Waals surface area contributed by atoms with Crippen molar-refractivity contribution in [3.05, 3.63) is 46.6 Å². The average molecular weight is 305 g/mol. The van der Waals surface area contributed by atoms with Gasteiger partial charge in [0, 0.05) is 6.20 Å². The number of aromatic nitrogens is 3. The Morgan fingerprint density at radius 2 is 1.89 bits per heavy atom. The summed E-state index contributed by atoms with van der Waals surface area (Å²) in [6, 6.07) is 3.18. The predicted molar refractivity (Wildman–Crippen MR) is 65.1 cm³/mol. The lowest BCUT2D eigenvalue weighted by molar-refractivity contribution is 0.0923. The molecule has 0 atom stereocenters. The molecule has 0 aliphatic carbocycles. The lowest BCUT2D eigenvalue weighted by Crippen LogP contribution is -2.30. The van der Waals surface area contributed by atoms with Crippen LogP contribution in [0, 0.1) is 0 Å². The Morgan fingerprint density at radius 1 is 1.06 bits per heavy atom. The van der Waals surface area contributed by atoms with Crippen LogP contribution in [0.15, 0.2) is 35.3 Å². The van der Waals surface area contributed by atoms with Gasteiger partial charge in [0.25, 0.3) is 11.8 Å². The van der Waals surface area contributed by atoms with E-state index in [1.165, 1.54) is 18.6 Å². The molecule has 3 heterocycles. The fraction of sp³-hybridized carbons (Fsp3) is 0. The minimum absolute atomic E-state index is 0.146. The Balaban J connectivity index is 2.09. The van der Waals surface area contributed by atoms with Crippen LogP contribution in [0.2, 0.25) is 0 Å². The molecular weight excluding hydrogens is 300 g/mol. The molecule has 0 saturated carbocycles. The third-order valence-corrected chi connectivity index (χ3v) is 2.89. The van der Waals surface area contributed by atoms with Gasteiger partial charge >= 0.3 is 0 Å². The van der Waals surface area contributed by atoms with Gasteiger partial charge in [-0.25, -0.2) is 14.9 Å². The molecule has 0 unspecified atom stereocenters. The molecule has 18 heavy (non-hydrogen) atoms. The molecular formula is C11H5BrN4O2. The van der Waals surface area contributed by atoms with Crippen LogP contribution < -0.4 is 4.90 Å². The molecule has 3 rings (SSSR count). The number of carbonyl (C=O) groups is 2. The highest BCUT2D eigenvalue weighted by Gasteiger charge is 2.38. The molecule has 7 heteroatoms. The zero-order chi connectivity index (χ0) is 12.7. The van der Waals surface area contributed by atoms with Crippen molar-refractivity contribution >= 4 is 33.6 Å². The molecule has 0 fully saturated rings. The maximum absolute atomic E-state index is 12.1. The Kier molecular flexibility index (Phi) is 2.41. The quantitative estimate of drug-likeness (QED) is 0.745. The minimum Gasteiger partial charge on any atom is -0.268 e. The van der Waals surface area contributed by atoms with Crippen molar-refractivity contribution in [1.29, 1.82) is 0 Å². The largest absolute Gasteiger partial charge is 0.286 e. The highest BCUT2D eigenvalue weighted by atomic mass is 79.9. The minimum atomic E-state index is -0.479. The first-order valence-electron chi connectivity index (χ1n) is 5.00. The van der Waals surface area contributed by atoms with Crippen molar-refractivity contribution in [2.75, 3.05) is 4.90 Å². The topological polar surface area (TPSA) is 76.1 Å². The zero-order valence-electron chi connectivity index (χ0n) is 8.87. The summed E-state index contributed by atoms with van der Waals surface area (Å²) >= 11 is 3.14. The summed E-state index contributed by atoms with van der Waals surface area (Å²) < 4.78 is 0.529. The van der Waals surface area contributed by atoms with Gasteiger partial charge in [-0.1, -0.05) is 0 Å². The second kappa shape index (κ2) is 3.95. The van der Waals surface area contributed by atoms with Gasteiger partial charge in [0.05, 0.1) is 18.0 Å². The average Bonchev–Trinajstić information content (AvgIpc) is 2.64. The molecule has 2 aromatic rings. The molecule has 6 nitrogen and oxygen atoms in total. The second-order valence-electron chi connectivity index (χ2n) is 3.54. The van der Waals surface area contributed by atoms with Crippen LogP contribution >= 0.6 is 15.9 Å². The van der Waals surface area contributed by atoms with Crippen LogP contribution in [0.3, 0.4) is 0 Å². The summed E-state index contributed by atoms with van der Waals surface area (Å²) in [5, 5.41) is 0. The number of anilines is 1. The number of nitrogens with zero attached hydrogens (tertiary/aromatic N) is 4. The lowest BCUT2D eigenvalue weighted by Gasteiger charge is -2.11. The fourth-order valence-electron chi connectivity index (χ4n) is 1.70. The van der Waals surface area contributed by atoms with Crippen LogP contribution in [-0.4, -0.2) is 26.8 Å². The van der Waals surface area contributed by atoms with E-state index >= 15 is 0 Å². The van der Waals surface area contributed by atoms with E-state index in [1.807, 2.05) is 0 Å². The van der Waals surface area contributed by atoms with E-state index < -0.39 is 11.8 Å². The highest BCUT2D eigenvalue weighted by Crippen LogP contribution is 2.25. The Bertz CT molecular complexity index is 621. The maximum atomic E-state index is 12.1. The van der Waals surface area contributed by atoms with Gasteiger partial charge in [-0.2, -0.15) is 0 Å². The number of hydrogen-bond donors (Lipinski definition) is 0. The van der Waals surface area contributed by atoms with Gasteiger partial charge in [-0.3, -0.25) is 14.6 Å². The first-order valence-corrected chi connectivity index (χ1v) is 5.79. The molecule has 0 saturated heterocycles. The van der Waals surface area contributed by atoms with Crippen molar-refractivity contribution in [2.45, 2.75) is 0 Å². The monoisotopic (exact) mass is 304 g/mol. The predicted octanol–water partition coefficient (Wildman–Crippen LogP) is 1.43. The fourth-order valence-corrected chi connectivity index (χ4v) is 1.90. The Morgan fingerprint density at radius 3 is 2.56 bits per heavy atom. The molecule has 0 radical (unpaired) electrons. The summed E-state index contributed by atoms with van der Waals surface area (Å²) in [6.07, 6.45) is 4.25. The number of fused-ring (bicyclic) bond motifs is 1. The highest BCUT2D eigenvalue weighted by molar-refractivity contribution is 9.10. The lowest BCUT2D eigenvalue weighted by atomic mass is 10.2. The number of pyridine rings is 1. The number of halogens is 1. The molecule has 0 aromatic carbocycles. The van der Waals surface area contributed by atoms with E-state index in [1.54, 1.807) is 12.1 Å². The van der Waals surface area contributed by atoms with Gasteiger partial charge in [0.15, 0.2) is 5.82 Å². The summed E-state index contributed by atoms with van der Waals surface area (Å²) in [5.41, 5.74) is 0.430.